The van der Waals surface area contributed by atoms with Gasteiger partial charge in [-0.1, -0.05) is 20.8 Å². The molecule has 0 spiro atoms. The van der Waals surface area contributed by atoms with Gasteiger partial charge in [0.2, 0.25) is 0 Å². The molecule has 0 aromatic heterocycles. The standard InChI is InChI=1S/C22H29N3O3/c1-13(2)25-18(26)16-7-6-14(8-17(16)19(25)27)23-20(28)24-12-22(5)10-15(24)9-21(3,4)11-22/h6-8,13,15H,9-12H2,1-5H3,(H,23,28). The Morgan fingerprint density at radius 1 is 1.11 bits per heavy atom. The molecule has 3 aliphatic rings. The Morgan fingerprint density at radius 3 is 2.46 bits per heavy atom. The van der Waals surface area contributed by atoms with Gasteiger partial charge in [0.1, 0.15) is 0 Å². The first kappa shape index (κ1) is 19.0. The minimum Gasteiger partial charge on any atom is -0.321 e. The van der Waals surface area contributed by atoms with Crippen molar-refractivity contribution in [3.05, 3.63) is 29.3 Å². The van der Waals surface area contributed by atoms with Crippen molar-refractivity contribution in [3.8, 4) is 0 Å². The van der Waals surface area contributed by atoms with Crippen LogP contribution in [-0.2, 0) is 0 Å². The zero-order chi connectivity index (χ0) is 20.4. The Morgan fingerprint density at radius 2 is 1.79 bits per heavy atom. The summed E-state index contributed by atoms with van der Waals surface area (Å²) in [5.41, 5.74) is 1.74. The van der Waals surface area contributed by atoms with E-state index in [0.717, 1.165) is 25.8 Å². The lowest BCUT2D eigenvalue weighted by atomic mass is 9.65. The Hall–Kier alpha value is -2.37. The Bertz CT molecular complexity index is 876. The van der Waals surface area contributed by atoms with E-state index in [0.29, 0.717) is 16.8 Å². The maximum absolute atomic E-state index is 13.0. The number of nitrogens with one attached hydrogen (secondary N) is 1. The molecular formula is C22H29N3O3. The predicted molar refractivity (Wildman–Crippen MR) is 107 cm³/mol. The number of hydrogen-bond acceptors (Lipinski definition) is 3. The highest BCUT2D eigenvalue weighted by Gasteiger charge is 2.51. The number of carbonyl (C=O) groups excluding carboxylic acids is 3. The van der Waals surface area contributed by atoms with Crippen LogP contribution in [0.1, 0.15) is 74.6 Å². The largest absolute Gasteiger partial charge is 0.322 e. The first-order chi connectivity index (χ1) is 13.0. The molecule has 6 nitrogen and oxygen atoms in total. The SMILES string of the molecule is CC(C)N1C(=O)c2ccc(NC(=O)N3CC4(C)CC3CC(C)(C)C4)cc2C1=O. The number of rotatable bonds is 2. The van der Waals surface area contributed by atoms with Crippen molar-refractivity contribution in [2.24, 2.45) is 10.8 Å². The van der Waals surface area contributed by atoms with Crippen LogP contribution in [0.5, 0.6) is 0 Å². The van der Waals surface area contributed by atoms with E-state index in [2.05, 4.69) is 26.1 Å². The number of hydrogen-bond donors (Lipinski definition) is 1. The Labute approximate surface area is 166 Å². The van der Waals surface area contributed by atoms with Crippen LogP contribution in [0, 0.1) is 10.8 Å². The second kappa shape index (κ2) is 6.06. The number of carbonyl (C=O) groups is 3. The first-order valence-corrected chi connectivity index (χ1v) is 10.1. The summed E-state index contributed by atoms with van der Waals surface area (Å²) in [5, 5.41) is 2.96. The normalized spacial score (nSPS) is 28.1. The van der Waals surface area contributed by atoms with Crippen LogP contribution < -0.4 is 5.32 Å². The van der Waals surface area contributed by atoms with Crippen LogP contribution in [0.25, 0.3) is 0 Å². The predicted octanol–water partition coefficient (Wildman–Crippen LogP) is 4.12. The lowest BCUT2D eigenvalue weighted by Gasteiger charge is -2.39. The van der Waals surface area contributed by atoms with Crippen LogP contribution in [0.2, 0.25) is 0 Å². The number of imide groups is 1. The lowest BCUT2D eigenvalue weighted by Crippen LogP contribution is -2.40. The highest BCUT2D eigenvalue weighted by molar-refractivity contribution is 6.22. The molecule has 4 rings (SSSR count). The van der Waals surface area contributed by atoms with E-state index in [1.165, 1.54) is 4.90 Å². The third-order valence-corrected chi connectivity index (χ3v) is 6.36. The summed E-state index contributed by atoms with van der Waals surface area (Å²) in [5.74, 6) is -0.561. The molecule has 1 aromatic rings. The molecule has 28 heavy (non-hydrogen) atoms. The highest BCUT2D eigenvalue weighted by Crippen LogP contribution is 2.52. The van der Waals surface area contributed by atoms with Crippen molar-refractivity contribution in [3.63, 3.8) is 0 Å². The molecule has 1 aliphatic carbocycles. The summed E-state index contributed by atoms with van der Waals surface area (Å²) < 4.78 is 0. The van der Waals surface area contributed by atoms with Gasteiger partial charge < -0.3 is 10.2 Å². The van der Waals surface area contributed by atoms with Gasteiger partial charge in [0.15, 0.2) is 0 Å². The molecule has 1 saturated carbocycles. The lowest BCUT2D eigenvalue weighted by molar-refractivity contribution is 0.0609. The average molecular weight is 383 g/mol. The number of likely N-dealkylation sites (tertiary alicyclic amines) is 1. The summed E-state index contributed by atoms with van der Waals surface area (Å²) in [4.78, 5) is 41.2. The Kier molecular flexibility index (Phi) is 4.11. The molecule has 1 N–H and O–H groups in total. The van der Waals surface area contributed by atoms with Crippen molar-refractivity contribution in [2.45, 2.75) is 66.0 Å². The molecular weight excluding hydrogens is 354 g/mol. The van der Waals surface area contributed by atoms with Gasteiger partial charge in [0, 0.05) is 24.3 Å². The van der Waals surface area contributed by atoms with E-state index < -0.39 is 0 Å². The topological polar surface area (TPSA) is 69.7 Å². The molecule has 4 amide bonds. The van der Waals surface area contributed by atoms with E-state index in [1.807, 2.05) is 18.7 Å². The zero-order valence-corrected chi connectivity index (χ0v) is 17.3. The van der Waals surface area contributed by atoms with Gasteiger partial charge in [-0.25, -0.2) is 4.79 Å². The highest BCUT2D eigenvalue weighted by atomic mass is 16.2. The van der Waals surface area contributed by atoms with Gasteiger partial charge in [-0.15, -0.1) is 0 Å². The van der Waals surface area contributed by atoms with E-state index in [9.17, 15) is 14.4 Å². The van der Waals surface area contributed by atoms with E-state index in [-0.39, 0.29) is 40.8 Å². The number of amides is 4. The number of fused-ring (bicyclic) bond motifs is 3. The summed E-state index contributed by atoms with van der Waals surface area (Å²) in [6.45, 7) is 11.2. The maximum Gasteiger partial charge on any atom is 0.322 e. The van der Waals surface area contributed by atoms with Crippen molar-refractivity contribution in [2.75, 3.05) is 11.9 Å². The molecule has 2 heterocycles. The summed E-state index contributed by atoms with van der Waals surface area (Å²) in [6.07, 6.45) is 3.18. The molecule has 0 radical (unpaired) electrons. The molecule has 1 aromatic carbocycles. The molecule has 2 fully saturated rings. The Balaban J connectivity index is 1.53. The van der Waals surface area contributed by atoms with Gasteiger partial charge in [-0.05, 0) is 62.1 Å². The van der Waals surface area contributed by atoms with Crippen LogP contribution in [0.4, 0.5) is 10.5 Å². The number of benzene rings is 1. The van der Waals surface area contributed by atoms with Gasteiger partial charge in [-0.2, -0.15) is 0 Å². The summed E-state index contributed by atoms with van der Waals surface area (Å²) in [7, 11) is 0. The maximum atomic E-state index is 13.0. The van der Waals surface area contributed by atoms with E-state index in [1.54, 1.807) is 18.2 Å². The quantitative estimate of drug-likeness (QED) is 0.781. The van der Waals surface area contributed by atoms with Gasteiger partial charge in [0.05, 0.1) is 11.1 Å². The van der Waals surface area contributed by atoms with Gasteiger partial charge >= 0.3 is 6.03 Å². The molecule has 2 bridgehead atoms. The van der Waals surface area contributed by atoms with Crippen molar-refractivity contribution < 1.29 is 14.4 Å². The van der Waals surface area contributed by atoms with E-state index in [4.69, 9.17) is 0 Å². The molecule has 6 heteroatoms. The van der Waals surface area contributed by atoms with Crippen molar-refractivity contribution in [1.82, 2.24) is 9.80 Å². The monoisotopic (exact) mass is 383 g/mol. The molecule has 2 aliphatic heterocycles. The third-order valence-electron chi connectivity index (χ3n) is 6.36. The van der Waals surface area contributed by atoms with Gasteiger partial charge in [0.25, 0.3) is 11.8 Å². The average Bonchev–Trinajstić information content (AvgIpc) is 2.97. The van der Waals surface area contributed by atoms with E-state index >= 15 is 0 Å². The third kappa shape index (κ3) is 2.99. The minimum atomic E-state index is -0.294. The molecule has 150 valence electrons. The van der Waals surface area contributed by atoms with Gasteiger partial charge in [-0.3, -0.25) is 14.5 Å². The minimum absolute atomic E-state index is 0.121. The fourth-order valence-electron chi connectivity index (χ4n) is 5.70. The second-order valence-corrected chi connectivity index (χ2v) is 10.1. The zero-order valence-electron chi connectivity index (χ0n) is 17.3. The van der Waals surface area contributed by atoms with Crippen LogP contribution in [-0.4, -0.2) is 46.3 Å². The fourth-order valence-corrected chi connectivity index (χ4v) is 5.70. The van der Waals surface area contributed by atoms with Crippen LogP contribution >= 0.6 is 0 Å². The number of nitrogens with zero attached hydrogens (tertiary/aromatic N) is 2. The second-order valence-electron chi connectivity index (χ2n) is 10.1. The summed E-state index contributed by atoms with van der Waals surface area (Å²) in [6, 6.07) is 4.91. The smallest absolute Gasteiger partial charge is 0.321 e. The fraction of sp³-hybridized carbons (Fsp3) is 0.591. The first-order valence-electron chi connectivity index (χ1n) is 10.1. The van der Waals surface area contributed by atoms with Crippen molar-refractivity contribution in [1.29, 1.82) is 0 Å². The number of urea groups is 1. The van der Waals surface area contributed by atoms with Crippen molar-refractivity contribution >= 4 is 23.5 Å². The molecule has 1 saturated heterocycles. The number of anilines is 1. The molecule has 2 atom stereocenters. The summed E-state index contributed by atoms with van der Waals surface area (Å²) >= 11 is 0. The van der Waals surface area contributed by atoms with Crippen LogP contribution in [0.15, 0.2) is 18.2 Å². The van der Waals surface area contributed by atoms with Crippen LogP contribution in [0.3, 0.4) is 0 Å². The molecule has 2 unspecified atom stereocenters.